The van der Waals surface area contributed by atoms with Gasteiger partial charge in [-0.25, -0.2) is 0 Å². The van der Waals surface area contributed by atoms with Gasteiger partial charge in [-0.3, -0.25) is 4.79 Å². The highest BCUT2D eigenvalue weighted by molar-refractivity contribution is 7.86. The second kappa shape index (κ2) is 8.53. The van der Waals surface area contributed by atoms with Gasteiger partial charge in [-0.15, -0.1) is 11.3 Å². The van der Waals surface area contributed by atoms with Gasteiger partial charge in [0.15, 0.2) is 0 Å². The standard InChI is InChI=1S/C20H26N2O4S2/c1-4-21(5-2)17-9-8-15(18(13-17)26-28(3,24)25)14-22(16-10-11-16)20(23)19-7-6-12-27-19/h6-9,12-13,16H,4-5,10-11,14H2,1-3H3. The number of benzene rings is 1. The van der Waals surface area contributed by atoms with Crippen molar-refractivity contribution in [2.75, 3.05) is 24.2 Å². The molecule has 1 aromatic heterocycles. The van der Waals surface area contributed by atoms with Gasteiger partial charge in [0.2, 0.25) is 0 Å². The maximum absolute atomic E-state index is 12.9. The lowest BCUT2D eigenvalue weighted by Crippen LogP contribution is -2.32. The van der Waals surface area contributed by atoms with Crippen molar-refractivity contribution >= 4 is 33.0 Å². The molecule has 1 saturated carbocycles. The minimum Gasteiger partial charge on any atom is -0.382 e. The number of rotatable bonds is 9. The number of carbonyl (C=O) groups is 1. The molecule has 0 saturated heterocycles. The zero-order chi connectivity index (χ0) is 20.3. The maximum atomic E-state index is 12.9. The Labute approximate surface area is 170 Å². The summed E-state index contributed by atoms with van der Waals surface area (Å²) < 4.78 is 28.9. The van der Waals surface area contributed by atoms with Crippen LogP contribution in [-0.2, 0) is 16.7 Å². The predicted octanol–water partition coefficient (Wildman–Crippen LogP) is 3.74. The molecule has 1 aliphatic carbocycles. The average Bonchev–Trinajstić information content (AvgIpc) is 3.33. The summed E-state index contributed by atoms with van der Waals surface area (Å²) in [5.74, 6) is 0.271. The van der Waals surface area contributed by atoms with Crippen molar-refractivity contribution in [2.24, 2.45) is 0 Å². The van der Waals surface area contributed by atoms with Crippen LogP contribution >= 0.6 is 11.3 Å². The van der Waals surface area contributed by atoms with E-state index in [4.69, 9.17) is 4.18 Å². The van der Waals surface area contributed by atoms with Gasteiger partial charge in [-0.1, -0.05) is 12.1 Å². The van der Waals surface area contributed by atoms with Crippen molar-refractivity contribution in [1.82, 2.24) is 4.90 Å². The summed E-state index contributed by atoms with van der Waals surface area (Å²) in [7, 11) is -3.68. The molecule has 0 unspecified atom stereocenters. The van der Waals surface area contributed by atoms with Gasteiger partial charge in [0.25, 0.3) is 5.91 Å². The normalized spacial score (nSPS) is 14.0. The molecular formula is C20H26N2O4S2. The molecule has 0 bridgehead atoms. The first kappa shape index (κ1) is 20.7. The van der Waals surface area contributed by atoms with E-state index in [0.29, 0.717) is 17.0 Å². The van der Waals surface area contributed by atoms with Crippen molar-refractivity contribution in [3.63, 3.8) is 0 Å². The van der Waals surface area contributed by atoms with E-state index in [2.05, 4.69) is 4.90 Å². The van der Waals surface area contributed by atoms with Crippen LogP contribution in [0.3, 0.4) is 0 Å². The molecule has 1 amide bonds. The molecular weight excluding hydrogens is 396 g/mol. The average molecular weight is 423 g/mol. The fourth-order valence-electron chi connectivity index (χ4n) is 3.18. The molecule has 152 valence electrons. The van der Waals surface area contributed by atoms with E-state index in [-0.39, 0.29) is 17.7 Å². The summed E-state index contributed by atoms with van der Waals surface area (Å²) >= 11 is 1.42. The summed E-state index contributed by atoms with van der Waals surface area (Å²) in [4.78, 5) is 17.6. The molecule has 0 radical (unpaired) electrons. The van der Waals surface area contributed by atoms with Crippen molar-refractivity contribution in [2.45, 2.75) is 39.3 Å². The molecule has 2 aromatic rings. The van der Waals surface area contributed by atoms with E-state index >= 15 is 0 Å². The van der Waals surface area contributed by atoms with Crippen molar-refractivity contribution in [3.8, 4) is 5.75 Å². The van der Waals surface area contributed by atoms with Gasteiger partial charge in [-0.2, -0.15) is 8.42 Å². The Hall–Kier alpha value is -2.06. The third-order valence-electron chi connectivity index (χ3n) is 4.74. The molecule has 28 heavy (non-hydrogen) atoms. The number of thiophene rings is 1. The van der Waals surface area contributed by atoms with E-state index in [0.717, 1.165) is 37.9 Å². The van der Waals surface area contributed by atoms with Gasteiger partial charge >= 0.3 is 10.1 Å². The van der Waals surface area contributed by atoms with Crippen LogP contribution < -0.4 is 9.08 Å². The summed E-state index contributed by atoms with van der Waals surface area (Å²) in [5, 5.41) is 1.88. The van der Waals surface area contributed by atoms with Gasteiger partial charge in [0.1, 0.15) is 5.75 Å². The van der Waals surface area contributed by atoms with Crippen molar-refractivity contribution < 1.29 is 17.4 Å². The number of hydrogen-bond acceptors (Lipinski definition) is 6. The number of amides is 1. The fraction of sp³-hybridized carbons (Fsp3) is 0.450. The lowest BCUT2D eigenvalue weighted by Gasteiger charge is -2.25. The second-order valence-corrected chi connectivity index (χ2v) is 9.42. The molecule has 0 atom stereocenters. The Morgan fingerprint density at radius 2 is 1.93 bits per heavy atom. The van der Waals surface area contributed by atoms with Crippen LogP contribution in [0.25, 0.3) is 0 Å². The molecule has 1 heterocycles. The quantitative estimate of drug-likeness (QED) is 0.576. The van der Waals surface area contributed by atoms with Gasteiger partial charge in [-0.05, 0) is 44.2 Å². The minimum atomic E-state index is -3.68. The van der Waals surface area contributed by atoms with E-state index in [1.54, 1.807) is 6.07 Å². The molecule has 1 aliphatic rings. The van der Waals surface area contributed by atoms with Crippen LogP contribution in [0.1, 0.15) is 41.9 Å². The monoisotopic (exact) mass is 422 g/mol. The van der Waals surface area contributed by atoms with Crippen molar-refractivity contribution in [3.05, 3.63) is 46.2 Å². The van der Waals surface area contributed by atoms with Crippen molar-refractivity contribution in [1.29, 1.82) is 0 Å². The molecule has 1 aromatic carbocycles. The lowest BCUT2D eigenvalue weighted by atomic mass is 10.1. The van der Waals surface area contributed by atoms with E-state index in [1.807, 2.05) is 48.4 Å². The highest BCUT2D eigenvalue weighted by atomic mass is 32.2. The van der Waals surface area contributed by atoms with Crippen LogP contribution in [0.2, 0.25) is 0 Å². The molecule has 1 fully saturated rings. The van der Waals surface area contributed by atoms with Crippen LogP contribution in [0, 0.1) is 0 Å². The van der Waals surface area contributed by atoms with Gasteiger partial charge in [0, 0.05) is 36.4 Å². The first-order valence-electron chi connectivity index (χ1n) is 9.44. The number of nitrogens with zero attached hydrogens (tertiary/aromatic N) is 2. The summed E-state index contributed by atoms with van der Waals surface area (Å²) in [6.07, 6.45) is 2.98. The van der Waals surface area contributed by atoms with E-state index in [9.17, 15) is 13.2 Å². The zero-order valence-electron chi connectivity index (χ0n) is 16.4. The third kappa shape index (κ3) is 5.05. The molecule has 8 heteroatoms. The van der Waals surface area contributed by atoms with Crippen LogP contribution in [0.15, 0.2) is 35.7 Å². The fourth-order valence-corrected chi connectivity index (χ4v) is 4.34. The van der Waals surface area contributed by atoms with Crippen LogP contribution in [0.4, 0.5) is 5.69 Å². The highest BCUT2D eigenvalue weighted by Crippen LogP contribution is 2.34. The Morgan fingerprint density at radius 1 is 1.21 bits per heavy atom. The number of anilines is 1. The van der Waals surface area contributed by atoms with Crippen LogP contribution in [-0.4, -0.2) is 44.6 Å². The summed E-state index contributed by atoms with van der Waals surface area (Å²) in [6, 6.07) is 9.45. The first-order chi connectivity index (χ1) is 13.3. The predicted molar refractivity (Wildman–Crippen MR) is 113 cm³/mol. The van der Waals surface area contributed by atoms with Crippen LogP contribution in [0.5, 0.6) is 5.75 Å². The minimum absolute atomic E-state index is 0.0179. The SMILES string of the molecule is CCN(CC)c1ccc(CN(C(=O)c2cccs2)C2CC2)c(OS(C)(=O)=O)c1. The summed E-state index contributed by atoms with van der Waals surface area (Å²) in [5.41, 5.74) is 1.59. The molecule has 6 nitrogen and oxygen atoms in total. The Kier molecular flexibility index (Phi) is 6.30. The third-order valence-corrected chi connectivity index (χ3v) is 6.08. The topological polar surface area (TPSA) is 66.9 Å². The molecule has 0 spiro atoms. The lowest BCUT2D eigenvalue weighted by molar-refractivity contribution is 0.0734. The molecule has 3 rings (SSSR count). The molecule has 0 N–H and O–H groups in total. The number of carbonyl (C=O) groups excluding carboxylic acids is 1. The van der Waals surface area contributed by atoms with Gasteiger partial charge in [0.05, 0.1) is 17.7 Å². The first-order valence-corrected chi connectivity index (χ1v) is 12.1. The van der Waals surface area contributed by atoms with E-state index in [1.165, 1.54) is 11.3 Å². The largest absolute Gasteiger partial charge is 0.382 e. The van der Waals surface area contributed by atoms with Gasteiger partial charge < -0.3 is 14.0 Å². The second-order valence-electron chi connectivity index (χ2n) is 6.89. The maximum Gasteiger partial charge on any atom is 0.306 e. The van der Waals surface area contributed by atoms with E-state index < -0.39 is 10.1 Å². The Balaban J connectivity index is 1.93. The summed E-state index contributed by atoms with van der Waals surface area (Å²) in [6.45, 7) is 6.02. The molecule has 0 aliphatic heterocycles. The Morgan fingerprint density at radius 3 is 2.46 bits per heavy atom. The number of hydrogen-bond donors (Lipinski definition) is 0. The smallest absolute Gasteiger partial charge is 0.306 e. The highest BCUT2D eigenvalue weighted by Gasteiger charge is 2.34. The Bertz CT molecular complexity index is 918. The zero-order valence-corrected chi connectivity index (χ0v) is 18.1.